The van der Waals surface area contributed by atoms with Crippen molar-refractivity contribution in [3.8, 4) is 0 Å². The number of carboxylic acids is 1. The van der Waals surface area contributed by atoms with Gasteiger partial charge in [-0.15, -0.1) is 0 Å². The number of esters is 2. The van der Waals surface area contributed by atoms with Crippen molar-refractivity contribution >= 4 is 17.9 Å². The lowest BCUT2D eigenvalue weighted by Gasteiger charge is -2.26. The van der Waals surface area contributed by atoms with Crippen molar-refractivity contribution in [3.05, 3.63) is 134 Å². The maximum atomic E-state index is 13.0. The van der Waals surface area contributed by atoms with Gasteiger partial charge in [0.1, 0.15) is 13.2 Å². The molecule has 0 aromatic heterocycles. The SMILES string of the molecule is CC/C=C\C/C=C\C/C=C\C/C=C\C/C=C\C/C=C\C/C=C\CCCCCCCCCCCCCC(=O)OC(COC(=O)CCCCCCCCCCCCCCCCCCCCCCCCCCCC/C=C\C/C=C\C/C=C\C/C=C\CC)COC(OCC[N+](C)(C)C)C(=O)[O-]. The molecule has 0 spiro atoms. The number of hydrogen-bond acceptors (Lipinski definition) is 8. The topological polar surface area (TPSA) is 111 Å². The molecule has 0 amide bonds. The second-order valence-electron chi connectivity index (χ2n) is 27.9. The van der Waals surface area contributed by atoms with E-state index in [0.717, 1.165) is 116 Å². The highest BCUT2D eigenvalue weighted by molar-refractivity contribution is 5.70. The van der Waals surface area contributed by atoms with Crippen molar-refractivity contribution < 1.29 is 42.9 Å². The molecule has 0 aromatic carbocycles. The summed E-state index contributed by atoms with van der Waals surface area (Å²) >= 11 is 0. The number of quaternary nitrogens is 1. The number of rotatable bonds is 74. The van der Waals surface area contributed by atoms with Crippen LogP contribution in [0.25, 0.3) is 0 Å². The van der Waals surface area contributed by atoms with Crippen LogP contribution in [0.4, 0.5) is 0 Å². The van der Waals surface area contributed by atoms with Crippen molar-refractivity contribution in [2.24, 2.45) is 0 Å². The van der Waals surface area contributed by atoms with E-state index in [1.807, 2.05) is 21.1 Å². The lowest BCUT2D eigenvalue weighted by molar-refractivity contribution is -0.870. The standard InChI is InChI=1S/C88H151NO8/c1-6-8-10-12-14-16-18-20-22-24-26-28-30-32-34-36-38-40-41-42-43-44-45-47-48-50-52-54-56-58-60-62-64-66-68-70-72-74-76-78-85(90)95-82-84(83-96-88(87(92)93)94-81-80-89(3,4)5)97-86(91)79-77-75-73-71-69-67-65-63-61-59-57-55-53-51-49-46-39-37-35-33-31-29-27-25-23-21-19-17-15-13-11-9-7-2/h8-11,14-17,20-23,26-29,33,35,39,46,51,53,84,88H,6-7,12-13,18-19,24-25,30-32,34,36-38,40-45,47-50,52,54-83H2,1-5H3/b10-8-,11-9-,16-14-,17-15-,22-20-,23-21-,28-26-,29-27-,35-33-,46-39-,53-51-. The molecule has 0 saturated carbocycles. The van der Waals surface area contributed by atoms with E-state index in [1.165, 1.54) is 199 Å². The first-order valence-electron chi connectivity index (χ1n) is 40.3. The van der Waals surface area contributed by atoms with Crippen LogP contribution in [-0.4, -0.2) is 82.3 Å². The normalized spacial score (nSPS) is 13.4. The smallest absolute Gasteiger partial charge is 0.306 e. The number of likely N-dealkylation sites (N-methyl/N-ethyl adjacent to an activating group) is 1. The second kappa shape index (κ2) is 77.2. The molecule has 0 heterocycles. The number of carbonyl (C=O) groups excluding carboxylic acids is 3. The number of allylic oxidation sites excluding steroid dienone is 22. The highest BCUT2D eigenvalue weighted by atomic mass is 16.7. The van der Waals surface area contributed by atoms with Gasteiger partial charge in [0.25, 0.3) is 0 Å². The number of aliphatic carboxylic acids is 1. The summed E-state index contributed by atoms with van der Waals surface area (Å²) in [4.78, 5) is 37.6. The van der Waals surface area contributed by atoms with Crippen molar-refractivity contribution in [1.29, 1.82) is 0 Å². The van der Waals surface area contributed by atoms with E-state index in [4.69, 9.17) is 18.9 Å². The van der Waals surface area contributed by atoms with E-state index < -0.39 is 24.3 Å². The maximum Gasteiger partial charge on any atom is 0.306 e. The van der Waals surface area contributed by atoms with Crippen LogP contribution in [0, 0.1) is 0 Å². The first kappa shape index (κ1) is 92.4. The average molecular weight is 1350 g/mol. The second-order valence-corrected chi connectivity index (χ2v) is 27.9. The average Bonchev–Trinajstić information content (AvgIpc) is 2.59. The molecule has 0 aliphatic carbocycles. The number of carbonyl (C=O) groups is 3. The minimum absolute atomic E-state index is 0.144. The Balaban J connectivity index is 4.01. The summed E-state index contributed by atoms with van der Waals surface area (Å²) < 4.78 is 22.9. The minimum Gasteiger partial charge on any atom is -0.545 e. The third-order valence-electron chi connectivity index (χ3n) is 17.4. The van der Waals surface area contributed by atoms with E-state index in [-0.39, 0.29) is 32.2 Å². The molecule has 0 aliphatic rings. The number of nitrogens with zero attached hydrogens (tertiary/aromatic N) is 1. The number of ether oxygens (including phenoxy) is 4. The molecule has 0 rings (SSSR count). The highest BCUT2D eigenvalue weighted by Gasteiger charge is 2.22. The molecule has 0 bridgehead atoms. The Hall–Kier alpha value is -4.57. The molecule has 0 saturated heterocycles. The Kier molecular flexibility index (Phi) is 73.5. The van der Waals surface area contributed by atoms with E-state index >= 15 is 0 Å². The predicted molar refractivity (Wildman–Crippen MR) is 416 cm³/mol. The minimum atomic E-state index is -1.63. The van der Waals surface area contributed by atoms with Crippen LogP contribution in [0.1, 0.15) is 348 Å². The third kappa shape index (κ3) is 78.6. The zero-order chi connectivity index (χ0) is 70.4. The van der Waals surface area contributed by atoms with Gasteiger partial charge in [-0.2, -0.15) is 0 Å². The molecule has 2 unspecified atom stereocenters. The van der Waals surface area contributed by atoms with Crippen LogP contribution in [-0.2, 0) is 33.3 Å². The molecule has 0 N–H and O–H groups in total. The van der Waals surface area contributed by atoms with Crippen molar-refractivity contribution in [3.63, 3.8) is 0 Å². The van der Waals surface area contributed by atoms with Crippen LogP contribution >= 0.6 is 0 Å². The lowest BCUT2D eigenvalue weighted by atomic mass is 10.0. The lowest BCUT2D eigenvalue weighted by Crippen LogP contribution is -2.44. The van der Waals surface area contributed by atoms with Crippen LogP contribution < -0.4 is 5.11 Å². The Morgan fingerprint density at radius 1 is 0.309 bits per heavy atom. The van der Waals surface area contributed by atoms with Gasteiger partial charge in [-0.05, 0) is 109 Å². The third-order valence-corrected chi connectivity index (χ3v) is 17.4. The molecular formula is C88H151NO8. The molecule has 97 heavy (non-hydrogen) atoms. The zero-order valence-electron chi connectivity index (χ0n) is 63.7. The van der Waals surface area contributed by atoms with E-state index in [2.05, 4.69) is 148 Å². The van der Waals surface area contributed by atoms with E-state index in [1.54, 1.807) is 0 Å². The van der Waals surface area contributed by atoms with Gasteiger partial charge in [-0.1, -0.05) is 359 Å². The van der Waals surface area contributed by atoms with Crippen LogP contribution in [0.15, 0.2) is 134 Å². The summed E-state index contributed by atoms with van der Waals surface area (Å²) in [6, 6.07) is 0. The van der Waals surface area contributed by atoms with Gasteiger partial charge >= 0.3 is 11.9 Å². The highest BCUT2D eigenvalue weighted by Crippen LogP contribution is 2.19. The van der Waals surface area contributed by atoms with Crippen LogP contribution in [0.3, 0.4) is 0 Å². The van der Waals surface area contributed by atoms with Gasteiger partial charge in [0.15, 0.2) is 12.4 Å². The summed E-state index contributed by atoms with van der Waals surface area (Å²) in [5.74, 6) is -2.28. The molecule has 0 fully saturated rings. The fourth-order valence-corrected chi connectivity index (χ4v) is 11.3. The Morgan fingerprint density at radius 2 is 0.557 bits per heavy atom. The maximum absolute atomic E-state index is 13.0. The van der Waals surface area contributed by atoms with E-state index in [9.17, 15) is 19.5 Å². The molecule has 0 aromatic rings. The molecule has 9 nitrogen and oxygen atoms in total. The summed E-state index contributed by atoms with van der Waals surface area (Å²) in [5.41, 5.74) is 0. The van der Waals surface area contributed by atoms with Gasteiger partial charge in [0.2, 0.25) is 0 Å². The van der Waals surface area contributed by atoms with Gasteiger partial charge in [0, 0.05) is 12.8 Å². The monoisotopic (exact) mass is 1350 g/mol. The number of carboxylic acid groups (broad SMARTS) is 1. The first-order valence-corrected chi connectivity index (χ1v) is 40.3. The number of unbranched alkanes of at least 4 members (excludes halogenated alkanes) is 37. The molecule has 9 heteroatoms. The quantitative estimate of drug-likeness (QED) is 0.0195. The molecular weight excluding hydrogens is 1200 g/mol. The van der Waals surface area contributed by atoms with Gasteiger partial charge in [-0.3, -0.25) is 9.59 Å². The summed E-state index contributed by atoms with van der Waals surface area (Å²) in [6.07, 6.45) is 109. The molecule has 556 valence electrons. The summed E-state index contributed by atoms with van der Waals surface area (Å²) in [6.45, 7) is 4.55. The Morgan fingerprint density at radius 3 is 0.825 bits per heavy atom. The first-order chi connectivity index (χ1) is 47.6. The molecule has 2 atom stereocenters. The molecule has 0 aliphatic heterocycles. The van der Waals surface area contributed by atoms with Gasteiger partial charge in [0.05, 0.1) is 40.3 Å². The largest absolute Gasteiger partial charge is 0.545 e. The fourth-order valence-electron chi connectivity index (χ4n) is 11.3. The van der Waals surface area contributed by atoms with Crippen molar-refractivity contribution in [1.82, 2.24) is 0 Å². The van der Waals surface area contributed by atoms with Crippen LogP contribution in [0.5, 0.6) is 0 Å². The zero-order valence-corrected chi connectivity index (χ0v) is 63.7. The van der Waals surface area contributed by atoms with Gasteiger partial charge in [-0.25, -0.2) is 0 Å². The van der Waals surface area contributed by atoms with Crippen LogP contribution in [0.2, 0.25) is 0 Å². The predicted octanol–water partition coefficient (Wildman–Crippen LogP) is 24.7. The Labute approximate surface area is 599 Å². The van der Waals surface area contributed by atoms with Crippen molar-refractivity contribution in [2.75, 3.05) is 47.5 Å². The van der Waals surface area contributed by atoms with E-state index in [0.29, 0.717) is 23.9 Å². The summed E-state index contributed by atoms with van der Waals surface area (Å²) in [7, 11) is 5.94. The fraction of sp³-hybridized carbons (Fsp3) is 0.716. The van der Waals surface area contributed by atoms with Gasteiger partial charge < -0.3 is 33.3 Å². The summed E-state index contributed by atoms with van der Waals surface area (Å²) in [5, 5.41) is 11.9. The number of hydrogen-bond donors (Lipinski definition) is 0. The Bertz CT molecular complexity index is 2060. The van der Waals surface area contributed by atoms with Crippen molar-refractivity contribution in [2.45, 2.75) is 360 Å². The molecule has 0 radical (unpaired) electrons.